The van der Waals surface area contributed by atoms with Crippen LogP contribution in [-0.4, -0.2) is 37.6 Å². The van der Waals surface area contributed by atoms with E-state index in [0.29, 0.717) is 0 Å². The Morgan fingerprint density at radius 3 is 2.35 bits per heavy atom. The quantitative estimate of drug-likeness (QED) is 0.733. The van der Waals surface area contributed by atoms with E-state index in [9.17, 15) is 0 Å². The maximum atomic E-state index is 3.59. The third-order valence-electron chi connectivity index (χ3n) is 4.71. The number of hydrogen-bond acceptors (Lipinski definition) is 2. The largest absolute Gasteiger partial charge is 0.315 e. The Hall–Kier alpha value is -0.0800. The second-order valence-electron chi connectivity index (χ2n) is 6.09. The molecule has 0 aromatic heterocycles. The summed E-state index contributed by atoms with van der Waals surface area (Å²) in [6, 6.07) is 0.731. The Morgan fingerprint density at radius 2 is 1.82 bits per heavy atom. The maximum absolute atomic E-state index is 3.59. The van der Waals surface area contributed by atoms with Crippen molar-refractivity contribution in [1.29, 1.82) is 0 Å². The van der Waals surface area contributed by atoms with Crippen molar-refractivity contribution >= 4 is 0 Å². The van der Waals surface area contributed by atoms with E-state index < -0.39 is 0 Å². The molecule has 1 atom stereocenters. The highest BCUT2D eigenvalue weighted by molar-refractivity contribution is 4.83. The molecule has 2 saturated carbocycles. The highest BCUT2D eigenvalue weighted by Crippen LogP contribution is 2.31. The van der Waals surface area contributed by atoms with E-state index in [1.54, 1.807) is 0 Å². The Kier molecular flexibility index (Phi) is 5.30. The van der Waals surface area contributed by atoms with Gasteiger partial charge in [-0.05, 0) is 51.1 Å². The fourth-order valence-electron chi connectivity index (χ4n) is 3.29. The van der Waals surface area contributed by atoms with Crippen molar-refractivity contribution in [1.82, 2.24) is 10.2 Å². The van der Waals surface area contributed by atoms with Crippen LogP contribution in [0.2, 0.25) is 0 Å². The minimum atomic E-state index is 0.731. The van der Waals surface area contributed by atoms with Crippen molar-refractivity contribution in [3.05, 3.63) is 0 Å². The molecular weight excluding hydrogens is 208 g/mol. The molecule has 17 heavy (non-hydrogen) atoms. The summed E-state index contributed by atoms with van der Waals surface area (Å²) in [5.41, 5.74) is 0. The van der Waals surface area contributed by atoms with Gasteiger partial charge >= 0.3 is 0 Å². The van der Waals surface area contributed by atoms with Crippen molar-refractivity contribution in [2.45, 2.75) is 57.9 Å². The Bertz CT molecular complexity index is 207. The van der Waals surface area contributed by atoms with Crippen molar-refractivity contribution < 1.29 is 0 Å². The van der Waals surface area contributed by atoms with Crippen molar-refractivity contribution in [2.75, 3.05) is 26.7 Å². The Balaban J connectivity index is 1.78. The van der Waals surface area contributed by atoms with Gasteiger partial charge in [0.2, 0.25) is 0 Å². The first-order chi connectivity index (χ1) is 8.33. The third-order valence-corrected chi connectivity index (χ3v) is 4.71. The molecule has 0 aromatic rings. The molecule has 0 saturated heterocycles. The van der Waals surface area contributed by atoms with Crippen molar-refractivity contribution in [3.63, 3.8) is 0 Å². The standard InChI is InChI=1S/C15H30N2/c1-3-17(11-13-9-10-13)12-15(16-2)14-7-5-4-6-8-14/h13-16H,3-12H2,1-2H3. The van der Waals surface area contributed by atoms with E-state index in [2.05, 4.69) is 24.2 Å². The normalized spacial score (nSPS) is 24.2. The van der Waals surface area contributed by atoms with Crippen LogP contribution in [0.25, 0.3) is 0 Å². The lowest BCUT2D eigenvalue weighted by Crippen LogP contribution is -2.45. The van der Waals surface area contributed by atoms with Crippen LogP contribution >= 0.6 is 0 Å². The van der Waals surface area contributed by atoms with Gasteiger partial charge < -0.3 is 10.2 Å². The first kappa shape index (κ1) is 13.4. The van der Waals surface area contributed by atoms with E-state index in [1.807, 2.05) is 0 Å². The van der Waals surface area contributed by atoms with E-state index in [-0.39, 0.29) is 0 Å². The topological polar surface area (TPSA) is 15.3 Å². The van der Waals surface area contributed by atoms with Crippen molar-refractivity contribution in [3.8, 4) is 0 Å². The van der Waals surface area contributed by atoms with Crippen molar-refractivity contribution in [2.24, 2.45) is 11.8 Å². The Labute approximate surface area is 107 Å². The molecular formula is C15H30N2. The Morgan fingerprint density at radius 1 is 1.12 bits per heavy atom. The lowest BCUT2D eigenvalue weighted by molar-refractivity contribution is 0.189. The zero-order valence-electron chi connectivity index (χ0n) is 11.8. The molecule has 2 aliphatic carbocycles. The summed E-state index contributed by atoms with van der Waals surface area (Å²) in [7, 11) is 2.16. The summed E-state index contributed by atoms with van der Waals surface area (Å²) in [5.74, 6) is 1.96. The molecule has 2 rings (SSSR count). The van der Waals surface area contributed by atoms with Gasteiger partial charge in [-0.1, -0.05) is 26.2 Å². The van der Waals surface area contributed by atoms with Gasteiger partial charge in [0.1, 0.15) is 0 Å². The SMILES string of the molecule is CCN(CC1CC1)CC(NC)C1CCCCC1. The summed E-state index contributed by atoms with van der Waals surface area (Å²) < 4.78 is 0. The highest BCUT2D eigenvalue weighted by atomic mass is 15.1. The number of hydrogen-bond donors (Lipinski definition) is 1. The predicted molar refractivity (Wildman–Crippen MR) is 74.3 cm³/mol. The minimum absolute atomic E-state index is 0.731. The molecule has 0 amide bonds. The number of nitrogens with zero attached hydrogens (tertiary/aromatic N) is 1. The first-order valence-electron chi connectivity index (χ1n) is 7.73. The fourth-order valence-corrected chi connectivity index (χ4v) is 3.29. The zero-order chi connectivity index (χ0) is 12.1. The summed E-state index contributed by atoms with van der Waals surface area (Å²) >= 11 is 0. The summed E-state index contributed by atoms with van der Waals surface area (Å²) in [6.07, 6.45) is 10.2. The van der Waals surface area contributed by atoms with Crippen LogP contribution in [0.1, 0.15) is 51.9 Å². The van der Waals surface area contributed by atoms with Gasteiger partial charge in [-0.15, -0.1) is 0 Å². The molecule has 2 fully saturated rings. The first-order valence-corrected chi connectivity index (χ1v) is 7.73. The number of nitrogens with one attached hydrogen (secondary N) is 1. The molecule has 2 nitrogen and oxygen atoms in total. The van der Waals surface area contributed by atoms with Crippen LogP contribution in [0, 0.1) is 11.8 Å². The van der Waals surface area contributed by atoms with Gasteiger partial charge in [-0.25, -0.2) is 0 Å². The second-order valence-corrected chi connectivity index (χ2v) is 6.09. The fraction of sp³-hybridized carbons (Fsp3) is 1.00. The molecule has 2 aliphatic rings. The summed E-state index contributed by atoms with van der Waals surface area (Å²) in [4.78, 5) is 2.67. The van der Waals surface area contributed by atoms with Gasteiger partial charge in [0.05, 0.1) is 0 Å². The lowest BCUT2D eigenvalue weighted by atomic mass is 9.83. The molecule has 0 aliphatic heterocycles. The third kappa shape index (κ3) is 4.26. The van der Waals surface area contributed by atoms with E-state index in [4.69, 9.17) is 0 Å². The van der Waals surface area contributed by atoms with E-state index >= 15 is 0 Å². The second kappa shape index (κ2) is 6.75. The molecule has 0 aromatic carbocycles. The van der Waals surface area contributed by atoms with E-state index in [0.717, 1.165) is 17.9 Å². The van der Waals surface area contributed by atoms with Gasteiger partial charge in [-0.3, -0.25) is 0 Å². The minimum Gasteiger partial charge on any atom is -0.315 e. The molecule has 0 radical (unpaired) electrons. The molecule has 1 unspecified atom stereocenters. The molecule has 0 bridgehead atoms. The number of rotatable bonds is 7. The molecule has 100 valence electrons. The summed E-state index contributed by atoms with van der Waals surface area (Å²) in [5, 5.41) is 3.59. The van der Waals surface area contributed by atoms with Crippen LogP contribution in [0.3, 0.4) is 0 Å². The summed E-state index contributed by atoms with van der Waals surface area (Å²) in [6.45, 7) is 6.16. The van der Waals surface area contributed by atoms with Gasteiger partial charge in [-0.2, -0.15) is 0 Å². The van der Waals surface area contributed by atoms with Crippen LogP contribution in [0.4, 0.5) is 0 Å². The van der Waals surface area contributed by atoms with Gasteiger partial charge in [0, 0.05) is 19.1 Å². The molecule has 1 N–H and O–H groups in total. The maximum Gasteiger partial charge on any atom is 0.0220 e. The average Bonchev–Trinajstić information content (AvgIpc) is 3.19. The smallest absolute Gasteiger partial charge is 0.0220 e. The van der Waals surface area contributed by atoms with Crippen LogP contribution in [-0.2, 0) is 0 Å². The molecule has 2 heteroatoms. The predicted octanol–water partition coefficient (Wildman–Crippen LogP) is 2.89. The van der Waals surface area contributed by atoms with Crippen LogP contribution in [0.5, 0.6) is 0 Å². The van der Waals surface area contributed by atoms with Gasteiger partial charge in [0.15, 0.2) is 0 Å². The molecule has 0 heterocycles. The monoisotopic (exact) mass is 238 g/mol. The average molecular weight is 238 g/mol. The van der Waals surface area contributed by atoms with Crippen LogP contribution < -0.4 is 5.32 Å². The van der Waals surface area contributed by atoms with Crippen LogP contribution in [0.15, 0.2) is 0 Å². The lowest BCUT2D eigenvalue weighted by Gasteiger charge is -2.34. The molecule has 0 spiro atoms. The highest BCUT2D eigenvalue weighted by Gasteiger charge is 2.27. The number of likely N-dealkylation sites (N-methyl/N-ethyl adjacent to an activating group) is 2. The zero-order valence-corrected chi connectivity index (χ0v) is 11.8. The van der Waals surface area contributed by atoms with E-state index in [1.165, 1.54) is 64.6 Å². The van der Waals surface area contributed by atoms with Gasteiger partial charge in [0.25, 0.3) is 0 Å².